The Bertz CT molecular complexity index is 730. The molecule has 1 aromatic carbocycles. The second kappa shape index (κ2) is 7.61. The Morgan fingerprint density at radius 3 is 2.71 bits per heavy atom. The average molecular weight is 360 g/mol. The summed E-state index contributed by atoms with van der Waals surface area (Å²) in [5.41, 5.74) is -2.89. The molecule has 2 rings (SSSR count). The molecule has 1 aromatic heterocycles. The van der Waals surface area contributed by atoms with E-state index < -0.39 is 40.9 Å². The largest absolute Gasteiger partial charge is 0.467 e. The van der Waals surface area contributed by atoms with Gasteiger partial charge in [0, 0.05) is 23.5 Å². The van der Waals surface area contributed by atoms with Crippen molar-refractivity contribution in [2.24, 2.45) is 0 Å². The molecule has 1 heterocycles. The van der Waals surface area contributed by atoms with E-state index in [0.717, 1.165) is 23.6 Å². The number of aromatic amines is 1. The van der Waals surface area contributed by atoms with Gasteiger partial charge in [-0.3, -0.25) is 4.79 Å². The van der Waals surface area contributed by atoms with Gasteiger partial charge < -0.3 is 15.0 Å². The smallest absolute Gasteiger partial charge is 0.442 e. The quantitative estimate of drug-likeness (QED) is 0.777. The summed E-state index contributed by atoms with van der Waals surface area (Å²) in [4.78, 5) is 26.5. The van der Waals surface area contributed by atoms with Crippen LogP contribution < -0.4 is 5.32 Å². The van der Waals surface area contributed by atoms with Gasteiger partial charge in [0.2, 0.25) is 5.91 Å². The van der Waals surface area contributed by atoms with Crippen molar-refractivity contribution in [2.75, 3.05) is 12.9 Å². The molecule has 0 bridgehead atoms. The number of rotatable bonds is 6. The zero-order valence-electron chi connectivity index (χ0n) is 12.6. The minimum Gasteiger partial charge on any atom is -0.467 e. The van der Waals surface area contributed by atoms with E-state index >= 15 is 0 Å². The summed E-state index contributed by atoms with van der Waals surface area (Å²) in [5.74, 6) is -2.41. The van der Waals surface area contributed by atoms with Crippen LogP contribution in [0.3, 0.4) is 0 Å². The van der Waals surface area contributed by atoms with Crippen molar-refractivity contribution in [2.45, 2.75) is 18.0 Å². The maximum absolute atomic E-state index is 12.1. The van der Waals surface area contributed by atoms with Crippen molar-refractivity contribution >= 4 is 34.5 Å². The lowest BCUT2D eigenvalue weighted by Crippen LogP contribution is -2.44. The van der Waals surface area contributed by atoms with Crippen LogP contribution in [0.25, 0.3) is 10.9 Å². The first-order valence-electron chi connectivity index (χ1n) is 6.93. The van der Waals surface area contributed by atoms with E-state index in [4.69, 9.17) is 0 Å². The second-order valence-corrected chi connectivity index (χ2v) is 5.98. The number of halogens is 3. The van der Waals surface area contributed by atoms with Crippen LogP contribution in [-0.2, 0) is 20.7 Å². The molecule has 1 atom stereocenters. The summed E-state index contributed by atoms with van der Waals surface area (Å²) in [7, 11) is 1.15. The van der Waals surface area contributed by atoms with Gasteiger partial charge in [-0.2, -0.15) is 13.2 Å². The number of fused-ring (bicyclic) bond motifs is 1. The van der Waals surface area contributed by atoms with E-state index in [9.17, 15) is 22.8 Å². The molecular formula is C15H15F3N2O3S. The number of carbonyl (C=O) groups is 2. The number of aromatic nitrogens is 1. The van der Waals surface area contributed by atoms with Crippen molar-refractivity contribution in [1.82, 2.24) is 10.3 Å². The van der Waals surface area contributed by atoms with Crippen molar-refractivity contribution in [1.29, 1.82) is 0 Å². The van der Waals surface area contributed by atoms with Crippen LogP contribution >= 0.6 is 11.8 Å². The molecule has 9 heteroatoms. The molecule has 2 N–H and O–H groups in total. The van der Waals surface area contributed by atoms with Gasteiger partial charge in [0.15, 0.2) is 0 Å². The third kappa shape index (κ3) is 4.92. The van der Waals surface area contributed by atoms with Crippen molar-refractivity contribution in [3.05, 3.63) is 36.0 Å². The summed E-state index contributed by atoms with van der Waals surface area (Å²) >= 11 is -0.457. The molecule has 0 aliphatic carbocycles. The van der Waals surface area contributed by atoms with E-state index in [2.05, 4.69) is 15.0 Å². The summed E-state index contributed by atoms with van der Waals surface area (Å²) < 4.78 is 41.1. The molecule has 0 saturated heterocycles. The minimum absolute atomic E-state index is 0.110. The van der Waals surface area contributed by atoms with Gasteiger partial charge in [0.1, 0.15) is 6.04 Å². The monoisotopic (exact) mass is 360 g/mol. The Morgan fingerprint density at radius 1 is 1.33 bits per heavy atom. The highest BCUT2D eigenvalue weighted by molar-refractivity contribution is 8.00. The number of H-pyrrole nitrogens is 1. The van der Waals surface area contributed by atoms with Crippen molar-refractivity contribution in [3.8, 4) is 0 Å². The fourth-order valence-corrected chi connectivity index (χ4v) is 2.62. The Hall–Kier alpha value is -2.16. The van der Waals surface area contributed by atoms with Crippen LogP contribution in [0, 0.1) is 0 Å². The molecular weight excluding hydrogens is 345 g/mol. The number of carbonyl (C=O) groups excluding carboxylic acids is 2. The molecule has 5 nitrogen and oxygen atoms in total. The number of para-hydroxylation sites is 1. The highest BCUT2D eigenvalue weighted by Gasteiger charge is 2.30. The molecule has 0 aliphatic rings. The van der Waals surface area contributed by atoms with Gasteiger partial charge in [-0.25, -0.2) is 4.79 Å². The van der Waals surface area contributed by atoms with E-state index in [0.29, 0.717) is 0 Å². The lowest BCUT2D eigenvalue weighted by molar-refractivity contribution is -0.144. The highest BCUT2D eigenvalue weighted by Crippen LogP contribution is 2.29. The maximum atomic E-state index is 12.1. The SMILES string of the molecule is COC(=O)[C@@H](Cc1c[nH]c2ccccc12)NC(=O)CSC(F)(F)F. The standard InChI is InChI=1S/C15H15F3N2O3S/c1-23-14(22)12(20-13(21)8-24-15(16,17)18)6-9-7-19-11-5-3-2-4-10(9)11/h2-5,7,12,19H,6,8H2,1H3,(H,20,21)/t12-/m1/s1. The van der Waals surface area contributed by atoms with Gasteiger partial charge >= 0.3 is 11.5 Å². The number of alkyl halides is 3. The maximum Gasteiger partial charge on any atom is 0.442 e. The second-order valence-electron chi connectivity index (χ2n) is 4.94. The molecule has 2 aromatic rings. The van der Waals surface area contributed by atoms with Crippen molar-refractivity contribution in [3.63, 3.8) is 0 Å². The Labute approximate surface area is 139 Å². The predicted octanol–water partition coefficient (Wildman–Crippen LogP) is 2.62. The molecule has 0 unspecified atom stereocenters. The number of ether oxygens (including phenoxy) is 1. The fourth-order valence-electron chi connectivity index (χ4n) is 2.24. The summed E-state index contributed by atoms with van der Waals surface area (Å²) in [5, 5.41) is 3.16. The zero-order chi connectivity index (χ0) is 17.7. The summed E-state index contributed by atoms with van der Waals surface area (Å²) in [6, 6.07) is 6.30. The highest BCUT2D eigenvalue weighted by atomic mass is 32.2. The fraction of sp³-hybridized carbons (Fsp3) is 0.333. The van der Waals surface area contributed by atoms with Crippen LogP contribution in [0.2, 0.25) is 0 Å². The first kappa shape index (κ1) is 18.2. The van der Waals surface area contributed by atoms with Gasteiger partial charge in [0.25, 0.3) is 0 Å². The third-order valence-electron chi connectivity index (χ3n) is 3.29. The van der Waals surface area contributed by atoms with E-state index in [-0.39, 0.29) is 6.42 Å². The molecule has 0 radical (unpaired) electrons. The third-order valence-corrected chi connectivity index (χ3v) is 4.02. The molecule has 1 amide bonds. The molecule has 0 spiro atoms. The van der Waals surface area contributed by atoms with Gasteiger partial charge in [-0.05, 0) is 23.4 Å². The lowest BCUT2D eigenvalue weighted by Gasteiger charge is -2.16. The predicted molar refractivity (Wildman–Crippen MR) is 84.5 cm³/mol. The number of hydrogen-bond acceptors (Lipinski definition) is 4. The number of nitrogens with one attached hydrogen (secondary N) is 2. The first-order chi connectivity index (χ1) is 11.3. The Kier molecular flexibility index (Phi) is 5.76. The molecule has 0 fully saturated rings. The molecule has 0 aliphatic heterocycles. The van der Waals surface area contributed by atoms with E-state index in [1.54, 1.807) is 6.20 Å². The average Bonchev–Trinajstić information content (AvgIpc) is 2.94. The van der Waals surface area contributed by atoms with E-state index in [1.165, 1.54) is 0 Å². The normalized spacial score (nSPS) is 12.8. The summed E-state index contributed by atoms with van der Waals surface area (Å²) in [6.45, 7) is 0. The first-order valence-corrected chi connectivity index (χ1v) is 7.91. The Morgan fingerprint density at radius 2 is 2.04 bits per heavy atom. The molecule has 130 valence electrons. The van der Waals surface area contributed by atoms with Crippen LogP contribution in [0.5, 0.6) is 0 Å². The van der Waals surface area contributed by atoms with Crippen LogP contribution in [0.1, 0.15) is 5.56 Å². The van der Waals surface area contributed by atoms with E-state index in [1.807, 2.05) is 24.3 Å². The number of amides is 1. The number of methoxy groups -OCH3 is 1. The number of esters is 1. The topological polar surface area (TPSA) is 71.2 Å². The summed E-state index contributed by atoms with van der Waals surface area (Å²) in [6.07, 6.45) is 1.80. The zero-order valence-corrected chi connectivity index (χ0v) is 13.5. The van der Waals surface area contributed by atoms with Gasteiger partial charge in [-0.1, -0.05) is 18.2 Å². The number of benzene rings is 1. The number of hydrogen-bond donors (Lipinski definition) is 2. The molecule has 0 saturated carbocycles. The van der Waals surface area contributed by atoms with Crippen LogP contribution in [-0.4, -0.2) is 41.3 Å². The molecule has 24 heavy (non-hydrogen) atoms. The van der Waals surface area contributed by atoms with Crippen LogP contribution in [0.15, 0.2) is 30.5 Å². The van der Waals surface area contributed by atoms with Crippen LogP contribution in [0.4, 0.5) is 13.2 Å². The minimum atomic E-state index is -4.51. The lowest BCUT2D eigenvalue weighted by atomic mass is 10.0. The van der Waals surface area contributed by atoms with Crippen molar-refractivity contribution < 1.29 is 27.5 Å². The Balaban J connectivity index is 2.08. The number of thioether (sulfide) groups is 1. The van der Waals surface area contributed by atoms with Gasteiger partial charge in [-0.15, -0.1) is 0 Å². The van der Waals surface area contributed by atoms with Gasteiger partial charge in [0.05, 0.1) is 12.9 Å².